The summed E-state index contributed by atoms with van der Waals surface area (Å²) in [4.78, 5) is 0. The molecule has 0 aliphatic heterocycles. The van der Waals surface area contributed by atoms with Crippen molar-refractivity contribution >= 4 is 0 Å². The van der Waals surface area contributed by atoms with Crippen LogP contribution in [0, 0.1) is 6.92 Å². The van der Waals surface area contributed by atoms with E-state index in [0.717, 1.165) is 12.2 Å². The Morgan fingerprint density at radius 2 is 2.00 bits per heavy atom. The van der Waals surface area contributed by atoms with Crippen molar-refractivity contribution in [3.05, 3.63) is 29.3 Å². The van der Waals surface area contributed by atoms with E-state index in [1.54, 1.807) is 0 Å². The zero-order valence-electron chi connectivity index (χ0n) is 13.3. The normalized spacial score (nSPS) is 26.2. The van der Waals surface area contributed by atoms with Crippen molar-refractivity contribution < 1.29 is 9.47 Å². The number of aryl methyl sites for hydroxylation is 1. The molecule has 2 rings (SSSR count). The highest BCUT2D eigenvalue weighted by atomic mass is 16.5. The van der Waals surface area contributed by atoms with E-state index in [2.05, 4.69) is 45.9 Å². The van der Waals surface area contributed by atoms with Crippen molar-refractivity contribution in [1.29, 1.82) is 0 Å². The molecule has 0 aromatic heterocycles. The average molecular weight is 277 g/mol. The van der Waals surface area contributed by atoms with Gasteiger partial charge in [0.05, 0.1) is 0 Å². The molecule has 0 amide bonds. The van der Waals surface area contributed by atoms with Crippen molar-refractivity contribution in [2.75, 3.05) is 6.61 Å². The van der Waals surface area contributed by atoms with Gasteiger partial charge in [-0.2, -0.15) is 0 Å². The lowest BCUT2D eigenvalue weighted by Crippen LogP contribution is -2.59. The van der Waals surface area contributed by atoms with E-state index in [1.807, 2.05) is 6.92 Å². The first kappa shape index (κ1) is 15.3. The van der Waals surface area contributed by atoms with Crippen LogP contribution in [-0.4, -0.2) is 24.9 Å². The molecule has 3 heteroatoms. The van der Waals surface area contributed by atoms with E-state index in [1.165, 1.54) is 11.1 Å². The molecule has 1 aromatic carbocycles. The van der Waals surface area contributed by atoms with E-state index in [4.69, 9.17) is 15.2 Å². The molecule has 1 aliphatic carbocycles. The summed E-state index contributed by atoms with van der Waals surface area (Å²) < 4.78 is 11.7. The van der Waals surface area contributed by atoms with Gasteiger partial charge in [0, 0.05) is 19.1 Å². The Bertz CT molecular complexity index is 465. The summed E-state index contributed by atoms with van der Waals surface area (Å²) in [5.41, 5.74) is 8.63. The summed E-state index contributed by atoms with van der Waals surface area (Å²) in [5.74, 6) is 0.944. The summed E-state index contributed by atoms with van der Waals surface area (Å²) in [6.07, 6.45) is 0.983. The first-order valence-electron chi connectivity index (χ1n) is 7.48. The summed E-state index contributed by atoms with van der Waals surface area (Å²) >= 11 is 0. The largest absolute Gasteiger partial charge is 0.487 e. The second kappa shape index (κ2) is 5.74. The van der Waals surface area contributed by atoms with Gasteiger partial charge >= 0.3 is 0 Å². The number of rotatable bonds is 4. The van der Waals surface area contributed by atoms with E-state index < -0.39 is 0 Å². The van der Waals surface area contributed by atoms with Gasteiger partial charge in [-0.15, -0.1) is 0 Å². The van der Waals surface area contributed by atoms with Gasteiger partial charge < -0.3 is 15.2 Å². The van der Waals surface area contributed by atoms with Gasteiger partial charge in [0.15, 0.2) is 0 Å². The van der Waals surface area contributed by atoms with Gasteiger partial charge in [-0.05, 0) is 36.5 Å². The molecule has 0 radical (unpaired) electrons. The Kier molecular flexibility index (Phi) is 4.40. The Hall–Kier alpha value is -1.06. The molecule has 20 heavy (non-hydrogen) atoms. The quantitative estimate of drug-likeness (QED) is 0.919. The standard InChI is InChI=1S/C17H27NO2/c1-6-19-16-13(18)10-15(16)20-14-8-7-12(9-11(14)2)17(3,4)5/h7-9,13,15-16H,6,10,18H2,1-5H3. The molecule has 1 aliphatic rings. The monoisotopic (exact) mass is 277 g/mol. The van der Waals surface area contributed by atoms with Crippen LogP contribution < -0.4 is 10.5 Å². The molecule has 1 fully saturated rings. The van der Waals surface area contributed by atoms with Crippen LogP contribution in [0.3, 0.4) is 0 Å². The highest BCUT2D eigenvalue weighted by Crippen LogP contribution is 2.32. The highest BCUT2D eigenvalue weighted by Gasteiger charge is 2.41. The number of nitrogens with two attached hydrogens (primary N) is 1. The molecule has 0 saturated heterocycles. The fourth-order valence-corrected chi connectivity index (χ4v) is 2.57. The van der Waals surface area contributed by atoms with E-state index >= 15 is 0 Å². The van der Waals surface area contributed by atoms with E-state index in [0.29, 0.717) is 6.61 Å². The Morgan fingerprint density at radius 1 is 1.30 bits per heavy atom. The number of benzene rings is 1. The van der Waals surface area contributed by atoms with Crippen LogP contribution in [-0.2, 0) is 10.2 Å². The minimum Gasteiger partial charge on any atom is -0.487 e. The lowest BCUT2D eigenvalue weighted by molar-refractivity contribution is -0.0947. The minimum absolute atomic E-state index is 0.0293. The average Bonchev–Trinajstić information content (AvgIpc) is 2.36. The minimum atomic E-state index is 0.0293. The smallest absolute Gasteiger partial charge is 0.128 e. The SMILES string of the molecule is CCOC1C(N)CC1Oc1ccc(C(C)(C)C)cc1C. The zero-order chi connectivity index (χ0) is 14.9. The summed E-state index contributed by atoms with van der Waals surface area (Å²) in [7, 11) is 0. The number of hydrogen-bond donors (Lipinski definition) is 1. The number of ether oxygens (including phenoxy) is 2. The van der Waals surface area contributed by atoms with Gasteiger partial charge in [-0.25, -0.2) is 0 Å². The maximum atomic E-state index is 6.08. The van der Waals surface area contributed by atoms with Gasteiger partial charge in [0.1, 0.15) is 18.0 Å². The molecule has 1 saturated carbocycles. The van der Waals surface area contributed by atoms with Crippen LogP contribution in [0.25, 0.3) is 0 Å². The van der Waals surface area contributed by atoms with E-state index in [9.17, 15) is 0 Å². The molecular formula is C17H27NO2. The van der Waals surface area contributed by atoms with Crippen molar-refractivity contribution in [1.82, 2.24) is 0 Å². The molecule has 3 unspecified atom stereocenters. The molecule has 3 nitrogen and oxygen atoms in total. The maximum absolute atomic E-state index is 6.08. The summed E-state index contributed by atoms with van der Waals surface area (Å²) in [6, 6.07) is 6.54. The van der Waals surface area contributed by atoms with Gasteiger partial charge in [-0.1, -0.05) is 32.9 Å². The molecule has 0 bridgehead atoms. The first-order valence-corrected chi connectivity index (χ1v) is 7.48. The molecule has 0 heterocycles. The molecule has 2 N–H and O–H groups in total. The Labute approximate surface area is 122 Å². The molecule has 112 valence electrons. The van der Waals surface area contributed by atoms with Crippen molar-refractivity contribution in [3.63, 3.8) is 0 Å². The van der Waals surface area contributed by atoms with Crippen LogP contribution >= 0.6 is 0 Å². The lowest BCUT2D eigenvalue weighted by atomic mass is 9.85. The first-order chi connectivity index (χ1) is 9.32. The lowest BCUT2D eigenvalue weighted by Gasteiger charge is -2.41. The van der Waals surface area contributed by atoms with Crippen molar-refractivity contribution in [2.24, 2.45) is 5.73 Å². The third kappa shape index (κ3) is 3.15. The summed E-state index contributed by atoms with van der Waals surface area (Å²) in [6.45, 7) is 11.4. The predicted molar refractivity (Wildman–Crippen MR) is 82.3 cm³/mol. The maximum Gasteiger partial charge on any atom is 0.128 e. The fourth-order valence-electron chi connectivity index (χ4n) is 2.57. The second-order valence-corrected chi connectivity index (χ2v) is 6.71. The third-order valence-electron chi connectivity index (χ3n) is 3.97. The molecule has 1 aromatic rings. The number of hydrogen-bond acceptors (Lipinski definition) is 3. The van der Waals surface area contributed by atoms with Crippen LogP contribution in [0.2, 0.25) is 0 Å². The van der Waals surface area contributed by atoms with Crippen molar-refractivity contribution in [3.8, 4) is 5.75 Å². The van der Waals surface area contributed by atoms with Crippen LogP contribution in [0.5, 0.6) is 5.75 Å². The van der Waals surface area contributed by atoms with Crippen LogP contribution in [0.1, 0.15) is 45.2 Å². The second-order valence-electron chi connectivity index (χ2n) is 6.71. The molecule has 3 atom stereocenters. The highest BCUT2D eigenvalue weighted by molar-refractivity contribution is 5.39. The van der Waals surface area contributed by atoms with Crippen LogP contribution in [0.15, 0.2) is 18.2 Å². The summed E-state index contributed by atoms with van der Waals surface area (Å²) in [5, 5.41) is 0. The zero-order valence-corrected chi connectivity index (χ0v) is 13.3. The topological polar surface area (TPSA) is 44.5 Å². The van der Waals surface area contributed by atoms with Gasteiger partial charge in [-0.3, -0.25) is 0 Å². The Morgan fingerprint density at radius 3 is 2.50 bits per heavy atom. The van der Waals surface area contributed by atoms with E-state index in [-0.39, 0.29) is 23.7 Å². The fraction of sp³-hybridized carbons (Fsp3) is 0.647. The van der Waals surface area contributed by atoms with Crippen LogP contribution in [0.4, 0.5) is 0 Å². The third-order valence-corrected chi connectivity index (χ3v) is 3.97. The van der Waals surface area contributed by atoms with Crippen molar-refractivity contribution in [2.45, 2.75) is 64.7 Å². The van der Waals surface area contributed by atoms with Gasteiger partial charge in [0.2, 0.25) is 0 Å². The van der Waals surface area contributed by atoms with Gasteiger partial charge in [0.25, 0.3) is 0 Å². The predicted octanol–water partition coefficient (Wildman–Crippen LogP) is 3.18. The molecule has 0 spiro atoms. The molecular weight excluding hydrogens is 250 g/mol. The Balaban J connectivity index is 2.07.